The Balaban J connectivity index is 2.59. The van der Waals surface area contributed by atoms with Crippen LogP contribution in [0, 0.1) is 18.6 Å². The van der Waals surface area contributed by atoms with Gasteiger partial charge in [-0.15, -0.1) is 0 Å². The van der Waals surface area contributed by atoms with Crippen molar-refractivity contribution in [2.24, 2.45) is 0 Å². The molecule has 2 rings (SSSR count). The lowest BCUT2D eigenvalue weighted by atomic mass is 10.0. The van der Waals surface area contributed by atoms with Gasteiger partial charge in [0.2, 0.25) is 0 Å². The first-order valence-corrected chi connectivity index (χ1v) is 5.18. The molecule has 0 fully saturated rings. The van der Waals surface area contributed by atoms with Crippen LogP contribution in [0.2, 0.25) is 5.02 Å². The van der Waals surface area contributed by atoms with Crippen molar-refractivity contribution in [3.63, 3.8) is 0 Å². The number of rotatable bonds is 1. The molecule has 0 spiro atoms. The molecule has 0 nitrogen and oxygen atoms in total. The Kier molecular flexibility index (Phi) is 2.92. The Hall–Kier alpha value is -1.41. The first kappa shape index (κ1) is 11.1. The normalized spacial score (nSPS) is 10.5. The van der Waals surface area contributed by atoms with E-state index in [1.54, 1.807) is 31.2 Å². The van der Waals surface area contributed by atoms with Crippen LogP contribution in [0.1, 0.15) is 5.56 Å². The van der Waals surface area contributed by atoms with Crippen molar-refractivity contribution in [2.45, 2.75) is 6.92 Å². The van der Waals surface area contributed by atoms with E-state index in [9.17, 15) is 8.78 Å². The minimum atomic E-state index is -0.521. The Morgan fingerprint density at radius 3 is 2.50 bits per heavy atom. The lowest BCUT2D eigenvalue weighted by Crippen LogP contribution is -1.88. The van der Waals surface area contributed by atoms with E-state index in [0.717, 1.165) is 0 Å². The number of hydrogen-bond donors (Lipinski definition) is 0. The molecule has 82 valence electrons. The first-order valence-electron chi connectivity index (χ1n) is 4.80. The molecule has 16 heavy (non-hydrogen) atoms. The smallest absolute Gasteiger partial charge is 0.149 e. The zero-order valence-corrected chi connectivity index (χ0v) is 9.35. The number of aryl methyl sites for hydroxylation is 1. The highest BCUT2D eigenvalue weighted by Crippen LogP contribution is 2.28. The number of benzene rings is 2. The van der Waals surface area contributed by atoms with Crippen molar-refractivity contribution in [2.75, 3.05) is 0 Å². The summed E-state index contributed by atoms with van der Waals surface area (Å²) in [5.41, 5.74) is 1.33. The zero-order valence-electron chi connectivity index (χ0n) is 8.60. The molecule has 0 saturated heterocycles. The van der Waals surface area contributed by atoms with Gasteiger partial charge in [0, 0.05) is 5.56 Å². The van der Waals surface area contributed by atoms with E-state index in [2.05, 4.69) is 0 Å². The van der Waals surface area contributed by atoms with Gasteiger partial charge in [0.05, 0.1) is 5.02 Å². The summed E-state index contributed by atoms with van der Waals surface area (Å²) >= 11 is 5.67. The zero-order chi connectivity index (χ0) is 11.7. The summed E-state index contributed by atoms with van der Waals surface area (Å²) < 4.78 is 27.0. The minimum absolute atomic E-state index is 0.0403. The van der Waals surface area contributed by atoms with Gasteiger partial charge in [0.15, 0.2) is 0 Å². The van der Waals surface area contributed by atoms with Crippen molar-refractivity contribution in [1.82, 2.24) is 0 Å². The van der Waals surface area contributed by atoms with Gasteiger partial charge in [0.25, 0.3) is 0 Å². The van der Waals surface area contributed by atoms with Gasteiger partial charge in [-0.2, -0.15) is 0 Å². The second-order valence-corrected chi connectivity index (χ2v) is 3.97. The Labute approximate surface area is 97.5 Å². The third-order valence-electron chi connectivity index (χ3n) is 2.43. The molecular formula is C13H9ClF2. The standard InChI is InChI=1S/C13H9ClF2/c1-8-5-6-9(7-12(8)15)10-3-2-4-11(14)13(10)16/h2-7H,1H3. The highest BCUT2D eigenvalue weighted by atomic mass is 35.5. The molecule has 0 aromatic heterocycles. The summed E-state index contributed by atoms with van der Waals surface area (Å²) in [6, 6.07) is 9.27. The number of hydrogen-bond acceptors (Lipinski definition) is 0. The molecule has 0 heterocycles. The average Bonchev–Trinajstić information content (AvgIpc) is 2.26. The van der Waals surface area contributed by atoms with Crippen LogP contribution >= 0.6 is 11.6 Å². The molecule has 2 aromatic rings. The van der Waals surface area contributed by atoms with Crippen molar-refractivity contribution in [1.29, 1.82) is 0 Å². The fraction of sp³-hybridized carbons (Fsp3) is 0.0769. The lowest BCUT2D eigenvalue weighted by molar-refractivity contribution is 0.617. The van der Waals surface area contributed by atoms with Crippen molar-refractivity contribution in [3.8, 4) is 11.1 Å². The van der Waals surface area contributed by atoms with Crippen LogP contribution in [0.3, 0.4) is 0 Å². The van der Waals surface area contributed by atoms with E-state index in [-0.39, 0.29) is 10.8 Å². The fourth-order valence-electron chi connectivity index (χ4n) is 1.49. The van der Waals surface area contributed by atoms with Gasteiger partial charge in [0.1, 0.15) is 11.6 Å². The molecule has 2 aromatic carbocycles. The van der Waals surface area contributed by atoms with E-state index in [1.807, 2.05) is 0 Å². The molecule has 0 N–H and O–H groups in total. The van der Waals surface area contributed by atoms with Crippen LogP contribution in [-0.2, 0) is 0 Å². The third-order valence-corrected chi connectivity index (χ3v) is 2.73. The second kappa shape index (κ2) is 4.22. The predicted molar refractivity (Wildman–Crippen MR) is 61.5 cm³/mol. The minimum Gasteiger partial charge on any atom is -0.207 e. The molecular weight excluding hydrogens is 230 g/mol. The molecule has 0 bridgehead atoms. The summed E-state index contributed by atoms with van der Waals surface area (Å²) in [5.74, 6) is -0.871. The number of halogens is 3. The summed E-state index contributed by atoms with van der Waals surface area (Å²) in [4.78, 5) is 0. The quantitative estimate of drug-likeness (QED) is 0.682. The van der Waals surface area contributed by atoms with Crippen LogP contribution in [0.5, 0.6) is 0 Å². The highest BCUT2D eigenvalue weighted by Gasteiger charge is 2.09. The Morgan fingerprint density at radius 1 is 1.06 bits per heavy atom. The monoisotopic (exact) mass is 238 g/mol. The Morgan fingerprint density at radius 2 is 1.81 bits per heavy atom. The van der Waals surface area contributed by atoms with Gasteiger partial charge >= 0.3 is 0 Å². The first-order chi connectivity index (χ1) is 7.59. The van der Waals surface area contributed by atoms with Crippen molar-refractivity contribution in [3.05, 3.63) is 58.6 Å². The molecule has 0 radical (unpaired) electrons. The maximum atomic E-state index is 13.7. The largest absolute Gasteiger partial charge is 0.207 e. The van der Waals surface area contributed by atoms with Gasteiger partial charge < -0.3 is 0 Å². The molecule has 0 aliphatic heterocycles. The third kappa shape index (κ3) is 1.93. The molecule has 0 aliphatic carbocycles. The van der Waals surface area contributed by atoms with Gasteiger partial charge in [-0.3, -0.25) is 0 Å². The van der Waals surface area contributed by atoms with Crippen molar-refractivity contribution < 1.29 is 8.78 Å². The molecule has 0 unspecified atom stereocenters. The van der Waals surface area contributed by atoms with Crippen molar-refractivity contribution >= 4 is 11.6 Å². The molecule has 0 amide bonds. The van der Waals surface area contributed by atoms with Crippen LogP contribution in [0.4, 0.5) is 8.78 Å². The highest BCUT2D eigenvalue weighted by molar-refractivity contribution is 6.31. The topological polar surface area (TPSA) is 0 Å². The summed E-state index contributed by atoms with van der Waals surface area (Å²) in [7, 11) is 0. The van der Waals surface area contributed by atoms with Crippen LogP contribution in [-0.4, -0.2) is 0 Å². The SMILES string of the molecule is Cc1ccc(-c2cccc(Cl)c2F)cc1F. The Bertz CT molecular complexity index is 535. The lowest BCUT2D eigenvalue weighted by Gasteiger charge is -2.06. The predicted octanol–water partition coefficient (Wildman–Crippen LogP) is 4.59. The molecule has 0 atom stereocenters. The van der Waals surface area contributed by atoms with E-state index >= 15 is 0 Å². The maximum Gasteiger partial charge on any atom is 0.149 e. The summed E-state index contributed by atoms with van der Waals surface area (Å²) in [6.45, 7) is 1.66. The van der Waals surface area contributed by atoms with Crippen LogP contribution in [0.15, 0.2) is 36.4 Å². The van der Waals surface area contributed by atoms with E-state index < -0.39 is 5.82 Å². The summed E-state index contributed by atoms with van der Waals surface area (Å²) in [5, 5.41) is 0.0403. The van der Waals surface area contributed by atoms with E-state index in [0.29, 0.717) is 16.7 Å². The van der Waals surface area contributed by atoms with E-state index in [4.69, 9.17) is 11.6 Å². The molecule has 0 aliphatic rings. The van der Waals surface area contributed by atoms with E-state index in [1.165, 1.54) is 12.1 Å². The molecule has 0 saturated carbocycles. The van der Waals surface area contributed by atoms with Gasteiger partial charge in [-0.1, -0.05) is 35.9 Å². The van der Waals surface area contributed by atoms with Gasteiger partial charge in [-0.05, 0) is 30.2 Å². The van der Waals surface area contributed by atoms with Crippen LogP contribution in [0.25, 0.3) is 11.1 Å². The fourth-order valence-corrected chi connectivity index (χ4v) is 1.66. The second-order valence-electron chi connectivity index (χ2n) is 3.57. The maximum absolute atomic E-state index is 13.7. The van der Waals surface area contributed by atoms with Gasteiger partial charge in [-0.25, -0.2) is 8.78 Å². The van der Waals surface area contributed by atoms with Crippen LogP contribution < -0.4 is 0 Å². The average molecular weight is 239 g/mol. The molecule has 3 heteroatoms. The summed E-state index contributed by atoms with van der Waals surface area (Å²) in [6.07, 6.45) is 0.